The molecule has 0 aromatic rings. The summed E-state index contributed by atoms with van der Waals surface area (Å²) in [6, 6.07) is 0.299. The second-order valence-corrected chi connectivity index (χ2v) is 5.47. The normalized spacial score (nSPS) is 24.8. The predicted molar refractivity (Wildman–Crippen MR) is 73.5 cm³/mol. The standard InChI is InChI=1S/C14H28N2O2/c1-3-4-6-12-7-5-8-13(12)16-14(18)15-11(2)9-10-17/h11-13,17H,3-10H2,1-2H3,(H2,15,16,18)/t11-,12?,13?/m1/s1. The molecule has 0 saturated heterocycles. The van der Waals surface area contributed by atoms with Gasteiger partial charge in [0.15, 0.2) is 0 Å². The van der Waals surface area contributed by atoms with E-state index in [2.05, 4.69) is 17.6 Å². The molecule has 0 bridgehead atoms. The lowest BCUT2D eigenvalue weighted by Crippen LogP contribution is -2.46. The SMILES string of the molecule is CCCCC1CCCC1NC(=O)N[C@H](C)CCO. The van der Waals surface area contributed by atoms with Gasteiger partial charge >= 0.3 is 6.03 Å². The van der Waals surface area contributed by atoms with Crippen LogP contribution in [0.25, 0.3) is 0 Å². The molecule has 0 spiro atoms. The molecular weight excluding hydrogens is 228 g/mol. The molecular formula is C14H28N2O2. The van der Waals surface area contributed by atoms with Crippen molar-refractivity contribution in [2.75, 3.05) is 6.61 Å². The number of unbranched alkanes of at least 4 members (excludes halogenated alkanes) is 1. The average molecular weight is 256 g/mol. The molecule has 4 nitrogen and oxygen atoms in total. The van der Waals surface area contributed by atoms with E-state index in [0.29, 0.717) is 18.4 Å². The number of aliphatic hydroxyl groups excluding tert-OH is 1. The summed E-state index contributed by atoms with van der Waals surface area (Å²) in [5.74, 6) is 0.656. The van der Waals surface area contributed by atoms with Gasteiger partial charge in [-0.1, -0.05) is 26.2 Å². The van der Waals surface area contributed by atoms with Crippen molar-refractivity contribution in [3.05, 3.63) is 0 Å². The molecule has 2 amide bonds. The van der Waals surface area contributed by atoms with E-state index in [1.54, 1.807) is 0 Å². The van der Waals surface area contributed by atoms with E-state index in [1.165, 1.54) is 32.1 Å². The minimum Gasteiger partial charge on any atom is -0.396 e. The summed E-state index contributed by atoms with van der Waals surface area (Å²) in [6.45, 7) is 4.24. The van der Waals surface area contributed by atoms with Crippen molar-refractivity contribution in [3.8, 4) is 0 Å². The van der Waals surface area contributed by atoms with Gasteiger partial charge in [-0.2, -0.15) is 0 Å². The Hall–Kier alpha value is -0.770. The number of hydrogen-bond donors (Lipinski definition) is 3. The smallest absolute Gasteiger partial charge is 0.315 e. The molecule has 0 aliphatic heterocycles. The van der Waals surface area contributed by atoms with Gasteiger partial charge in [0.25, 0.3) is 0 Å². The van der Waals surface area contributed by atoms with Crippen molar-refractivity contribution in [1.29, 1.82) is 0 Å². The Morgan fingerprint density at radius 2 is 2.22 bits per heavy atom. The number of amides is 2. The first-order chi connectivity index (χ1) is 8.67. The summed E-state index contributed by atoms with van der Waals surface area (Å²) in [6.07, 6.45) is 7.90. The van der Waals surface area contributed by atoms with Crippen LogP contribution in [0, 0.1) is 5.92 Å². The quantitative estimate of drug-likeness (QED) is 0.655. The number of hydrogen-bond acceptors (Lipinski definition) is 2. The monoisotopic (exact) mass is 256 g/mol. The minimum absolute atomic E-state index is 0.0329. The molecule has 0 aromatic carbocycles. The van der Waals surface area contributed by atoms with Crippen LogP contribution in [-0.2, 0) is 0 Å². The number of aliphatic hydroxyl groups is 1. The Labute approximate surface area is 111 Å². The lowest BCUT2D eigenvalue weighted by Gasteiger charge is -2.22. The molecule has 2 unspecified atom stereocenters. The molecule has 0 heterocycles. The number of nitrogens with one attached hydrogen (secondary N) is 2. The molecule has 18 heavy (non-hydrogen) atoms. The van der Waals surface area contributed by atoms with Gasteiger partial charge < -0.3 is 15.7 Å². The van der Waals surface area contributed by atoms with E-state index in [9.17, 15) is 4.79 Å². The van der Waals surface area contributed by atoms with Crippen LogP contribution < -0.4 is 10.6 Å². The van der Waals surface area contributed by atoms with Gasteiger partial charge in [0.1, 0.15) is 0 Å². The Morgan fingerprint density at radius 1 is 1.44 bits per heavy atom. The van der Waals surface area contributed by atoms with Crippen molar-refractivity contribution in [3.63, 3.8) is 0 Å². The fraction of sp³-hybridized carbons (Fsp3) is 0.929. The Balaban J connectivity index is 2.29. The largest absolute Gasteiger partial charge is 0.396 e. The first kappa shape index (κ1) is 15.3. The van der Waals surface area contributed by atoms with E-state index in [0.717, 1.165) is 6.42 Å². The zero-order valence-electron chi connectivity index (χ0n) is 11.7. The molecule has 1 saturated carbocycles. The number of carbonyl (C=O) groups excluding carboxylic acids is 1. The Morgan fingerprint density at radius 3 is 2.89 bits per heavy atom. The van der Waals surface area contributed by atoms with Crippen LogP contribution in [0.2, 0.25) is 0 Å². The van der Waals surface area contributed by atoms with Gasteiger partial charge in [-0.3, -0.25) is 0 Å². The van der Waals surface area contributed by atoms with E-state index in [4.69, 9.17) is 5.11 Å². The molecule has 1 rings (SSSR count). The number of rotatable bonds is 7. The fourth-order valence-corrected chi connectivity index (χ4v) is 2.74. The van der Waals surface area contributed by atoms with Crippen LogP contribution >= 0.6 is 0 Å². The zero-order valence-corrected chi connectivity index (χ0v) is 11.7. The lowest BCUT2D eigenvalue weighted by molar-refractivity contribution is 0.223. The van der Waals surface area contributed by atoms with Crippen LogP contribution in [0.4, 0.5) is 4.79 Å². The third-order valence-electron chi connectivity index (χ3n) is 3.84. The van der Waals surface area contributed by atoms with Crippen LogP contribution in [0.1, 0.15) is 58.8 Å². The van der Waals surface area contributed by atoms with Crippen molar-refractivity contribution in [2.24, 2.45) is 5.92 Å². The van der Waals surface area contributed by atoms with Gasteiger partial charge in [-0.25, -0.2) is 4.79 Å². The molecule has 1 aliphatic carbocycles. The minimum atomic E-state index is -0.0793. The highest BCUT2D eigenvalue weighted by Crippen LogP contribution is 2.29. The van der Waals surface area contributed by atoms with E-state index in [-0.39, 0.29) is 18.7 Å². The number of carbonyl (C=O) groups is 1. The summed E-state index contributed by atoms with van der Waals surface area (Å²) < 4.78 is 0. The Bertz CT molecular complexity index is 246. The van der Waals surface area contributed by atoms with Crippen molar-refractivity contribution in [1.82, 2.24) is 10.6 Å². The molecule has 106 valence electrons. The predicted octanol–water partition coefficient (Wildman–Crippen LogP) is 2.42. The second-order valence-electron chi connectivity index (χ2n) is 5.47. The van der Waals surface area contributed by atoms with Crippen molar-refractivity contribution < 1.29 is 9.90 Å². The average Bonchev–Trinajstić information content (AvgIpc) is 2.73. The maximum Gasteiger partial charge on any atom is 0.315 e. The second kappa shape index (κ2) is 8.35. The highest BCUT2D eigenvalue weighted by atomic mass is 16.3. The topological polar surface area (TPSA) is 61.4 Å². The molecule has 1 fully saturated rings. The lowest BCUT2D eigenvalue weighted by atomic mass is 9.97. The summed E-state index contributed by atoms with van der Waals surface area (Å²) in [4.78, 5) is 11.8. The molecule has 0 aromatic heterocycles. The van der Waals surface area contributed by atoms with Gasteiger partial charge in [-0.15, -0.1) is 0 Å². The van der Waals surface area contributed by atoms with Gasteiger partial charge in [0, 0.05) is 18.7 Å². The molecule has 4 heteroatoms. The Kier molecular flexibility index (Phi) is 7.09. The van der Waals surface area contributed by atoms with Crippen LogP contribution in [-0.4, -0.2) is 29.8 Å². The van der Waals surface area contributed by atoms with Crippen molar-refractivity contribution >= 4 is 6.03 Å². The van der Waals surface area contributed by atoms with E-state index >= 15 is 0 Å². The third kappa shape index (κ3) is 5.25. The maximum atomic E-state index is 11.8. The number of urea groups is 1. The van der Waals surface area contributed by atoms with Crippen LogP contribution in [0.3, 0.4) is 0 Å². The molecule has 1 aliphatic rings. The van der Waals surface area contributed by atoms with Crippen molar-refractivity contribution in [2.45, 2.75) is 70.9 Å². The summed E-state index contributed by atoms with van der Waals surface area (Å²) >= 11 is 0. The highest BCUT2D eigenvalue weighted by molar-refractivity contribution is 5.74. The highest BCUT2D eigenvalue weighted by Gasteiger charge is 2.27. The van der Waals surface area contributed by atoms with Gasteiger partial charge in [0.05, 0.1) is 0 Å². The van der Waals surface area contributed by atoms with Crippen LogP contribution in [0.15, 0.2) is 0 Å². The van der Waals surface area contributed by atoms with Gasteiger partial charge in [0.2, 0.25) is 0 Å². The van der Waals surface area contributed by atoms with E-state index in [1.807, 2.05) is 6.92 Å². The van der Waals surface area contributed by atoms with Crippen LogP contribution in [0.5, 0.6) is 0 Å². The fourth-order valence-electron chi connectivity index (χ4n) is 2.74. The summed E-state index contributed by atoms with van der Waals surface area (Å²) in [5, 5.41) is 14.8. The molecule has 3 N–H and O–H groups in total. The first-order valence-electron chi connectivity index (χ1n) is 7.35. The third-order valence-corrected chi connectivity index (χ3v) is 3.84. The van der Waals surface area contributed by atoms with E-state index < -0.39 is 0 Å². The zero-order chi connectivity index (χ0) is 13.4. The summed E-state index contributed by atoms with van der Waals surface area (Å²) in [7, 11) is 0. The maximum absolute atomic E-state index is 11.8. The summed E-state index contributed by atoms with van der Waals surface area (Å²) in [5.41, 5.74) is 0. The first-order valence-corrected chi connectivity index (χ1v) is 7.35. The molecule has 0 radical (unpaired) electrons. The molecule has 3 atom stereocenters. The van der Waals surface area contributed by atoms with Gasteiger partial charge in [-0.05, 0) is 38.5 Å².